The van der Waals surface area contributed by atoms with Crippen LogP contribution in [0.1, 0.15) is 22.5 Å². The summed E-state index contributed by atoms with van der Waals surface area (Å²) in [5, 5.41) is 23.4. The topological polar surface area (TPSA) is 89.8 Å². The van der Waals surface area contributed by atoms with Gasteiger partial charge in [0.15, 0.2) is 11.3 Å². The molecule has 164 valence electrons. The number of aromatic nitrogens is 3. The summed E-state index contributed by atoms with van der Waals surface area (Å²) in [5.74, 6) is 0.296. The van der Waals surface area contributed by atoms with Crippen molar-refractivity contribution in [2.45, 2.75) is 19.2 Å². The van der Waals surface area contributed by atoms with Gasteiger partial charge in [-0.05, 0) is 25.2 Å². The lowest BCUT2D eigenvalue weighted by molar-refractivity contribution is -0.141. The van der Waals surface area contributed by atoms with Gasteiger partial charge in [0.1, 0.15) is 17.5 Å². The number of aliphatic hydroxyl groups is 1. The van der Waals surface area contributed by atoms with E-state index in [1.807, 2.05) is 0 Å². The van der Waals surface area contributed by atoms with E-state index in [0.29, 0.717) is 33.4 Å². The Morgan fingerprint density at radius 1 is 1.38 bits per heavy atom. The first-order valence-corrected chi connectivity index (χ1v) is 9.81. The summed E-state index contributed by atoms with van der Waals surface area (Å²) < 4.78 is 41.6. The van der Waals surface area contributed by atoms with E-state index in [2.05, 4.69) is 21.7 Å². The van der Waals surface area contributed by atoms with E-state index in [9.17, 15) is 23.5 Å². The largest absolute Gasteiger partial charge is 0.436 e. The summed E-state index contributed by atoms with van der Waals surface area (Å²) in [6, 6.07) is 1.58. The van der Waals surface area contributed by atoms with Crippen LogP contribution in [0.2, 0.25) is 0 Å². The van der Waals surface area contributed by atoms with E-state index in [0.717, 1.165) is 4.52 Å². The SMILES string of the molecule is C=CN=C1C=C(Cl)C=C/C1=C\c1c(C)nc2c(C#N)c(C(F)(F)F)nn2c1N1CC(O)C1. The molecule has 32 heavy (non-hydrogen) atoms. The van der Waals surface area contributed by atoms with Gasteiger partial charge in [-0.1, -0.05) is 24.3 Å². The number of aliphatic hydroxyl groups excluding tert-OH is 1. The molecule has 4 rings (SSSR count). The van der Waals surface area contributed by atoms with Crippen LogP contribution in [0.4, 0.5) is 19.0 Å². The fourth-order valence-electron chi connectivity index (χ4n) is 3.56. The number of allylic oxidation sites excluding steroid dienone is 5. The van der Waals surface area contributed by atoms with Gasteiger partial charge in [0.25, 0.3) is 0 Å². The normalized spacial score (nSPS) is 19.4. The van der Waals surface area contributed by atoms with Gasteiger partial charge >= 0.3 is 6.18 Å². The van der Waals surface area contributed by atoms with Gasteiger partial charge in [-0.25, -0.2) is 4.98 Å². The molecule has 1 aliphatic heterocycles. The molecular formula is C21H16ClF3N6O. The molecule has 0 radical (unpaired) electrons. The molecule has 1 fully saturated rings. The average molecular weight is 461 g/mol. The van der Waals surface area contributed by atoms with Crippen LogP contribution in [0.25, 0.3) is 11.7 Å². The highest BCUT2D eigenvalue weighted by Crippen LogP contribution is 2.37. The number of nitriles is 1. The maximum Gasteiger partial charge on any atom is 0.436 e. The van der Waals surface area contributed by atoms with E-state index < -0.39 is 23.5 Å². The molecule has 0 spiro atoms. The zero-order chi connectivity index (χ0) is 23.2. The second-order valence-electron chi connectivity index (χ2n) is 7.22. The van der Waals surface area contributed by atoms with E-state index in [1.165, 1.54) is 6.20 Å². The van der Waals surface area contributed by atoms with E-state index in [4.69, 9.17) is 11.6 Å². The highest BCUT2D eigenvalue weighted by Gasteiger charge is 2.40. The Kier molecular flexibility index (Phi) is 5.40. The van der Waals surface area contributed by atoms with Crippen LogP contribution in [-0.4, -0.2) is 44.6 Å². The molecule has 0 unspecified atom stereocenters. The minimum Gasteiger partial charge on any atom is -0.389 e. The summed E-state index contributed by atoms with van der Waals surface area (Å²) in [6.45, 7) is 5.63. The molecule has 0 saturated carbocycles. The monoisotopic (exact) mass is 460 g/mol. The third kappa shape index (κ3) is 3.70. The Morgan fingerprint density at radius 3 is 2.69 bits per heavy atom. The van der Waals surface area contributed by atoms with Gasteiger partial charge in [-0.15, -0.1) is 0 Å². The number of hydrogen-bond donors (Lipinski definition) is 1. The Bertz CT molecular complexity index is 1290. The van der Waals surface area contributed by atoms with Crippen LogP contribution >= 0.6 is 11.6 Å². The van der Waals surface area contributed by atoms with Crippen LogP contribution in [-0.2, 0) is 6.18 Å². The number of halogens is 4. The first kappa shape index (κ1) is 21.8. The summed E-state index contributed by atoms with van der Waals surface area (Å²) >= 11 is 6.07. The van der Waals surface area contributed by atoms with Gasteiger partial charge in [0.05, 0.1) is 17.5 Å². The summed E-state index contributed by atoms with van der Waals surface area (Å²) in [5.41, 5.74) is -0.145. The van der Waals surface area contributed by atoms with Crippen LogP contribution < -0.4 is 4.90 Å². The molecule has 2 aliphatic rings. The van der Waals surface area contributed by atoms with Gasteiger partial charge in [0, 0.05) is 35.5 Å². The fraction of sp³-hybridized carbons (Fsp3) is 0.238. The summed E-state index contributed by atoms with van der Waals surface area (Å²) in [4.78, 5) is 10.2. The molecule has 0 aromatic carbocycles. The highest BCUT2D eigenvalue weighted by molar-refractivity contribution is 6.35. The molecule has 7 nitrogen and oxygen atoms in total. The lowest BCUT2D eigenvalue weighted by Crippen LogP contribution is -2.52. The van der Waals surface area contributed by atoms with Crippen molar-refractivity contribution in [3.8, 4) is 6.07 Å². The van der Waals surface area contributed by atoms with Crippen LogP contribution in [0, 0.1) is 18.3 Å². The number of anilines is 1. The minimum atomic E-state index is -4.82. The zero-order valence-electron chi connectivity index (χ0n) is 16.7. The molecular weight excluding hydrogens is 445 g/mol. The molecule has 0 atom stereocenters. The molecule has 1 aliphatic carbocycles. The summed E-state index contributed by atoms with van der Waals surface area (Å²) in [7, 11) is 0. The number of hydrogen-bond acceptors (Lipinski definition) is 6. The predicted octanol–water partition coefficient (Wildman–Crippen LogP) is 3.77. The molecule has 1 saturated heterocycles. The van der Waals surface area contributed by atoms with Gasteiger partial charge in [-0.2, -0.15) is 28.0 Å². The zero-order valence-corrected chi connectivity index (χ0v) is 17.5. The number of nitrogens with zero attached hydrogens (tertiary/aromatic N) is 6. The first-order valence-electron chi connectivity index (χ1n) is 9.43. The maximum absolute atomic E-state index is 13.5. The number of rotatable bonds is 3. The maximum atomic E-state index is 13.5. The van der Waals surface area contributed by atoms with Crippen molar-refractivity contribution in [3.05, 3.63) is 64.1 Å². The van der Waals surface area contributed by atoms with Gasteiger partial charge in [-0.3, -0.25) is 4.99 Å². The molecule has 2 aromatic rings. The van der Waals surface area contributed by atoms with Crippen molar-refractivity contribution >= 4 is 34.9 Å². The third-order valence-corrected chi connectivity index (χ3v) is 5.27. The van der Waals surface area contributed by atoms with Gasteiger partial charge in [0.2, 0.25) is 0 Å². The predicted molar refractivity (Wildman–Crippen MR) is 114 cm³/mol. The van der Waals surface area contributed by atoms with Crippen molar-refractivity contribution in [2.24, 2.45) is 4.99 Å². The quantitative estimate of drug-likeness (QED) is 0.753. The summed E-state index contributed by atoms with van der Waals surface area (Å²) in [6.07, 6.45) is 2.62. The Labute approximate surface area is 185 Å². The first-order chi connectivity index (χ1) is 15.1. The van der Waals surface area contributed by atoms with Crippen molar-refractivity contribution in [3.63, 3.8) is 0 Å². The fourth-order valence-corrected chi connectivity index (χ4v) is 3.73. The second-order valence-corrected chi connectivity index (χ2v) is 7.66. The standard InChI is InChI=1S/C21H16ClF3N6O/c1-3-27-17-7-13(22)5-4-12(17)6-15-11(2)28-19-16(8-26)18(21(23,24)25)29-31(19)20(15)30-9-14(32)10-30/h3-7,14,32H,1,9-10H2,2H3/b12-6+,27-17?. The number of β-amino-alcohol motifs (C(OH)–C–C–N with tert-alkyl or cyclic N) is 1. The number of aliphatic imine (C=N–C) groups is 1. The molecule has 3 heterocycles. The van der Waals surface area contributed by atoms with Crippen molar-refractivity contribution < 1.29 is 18.3 Å². The van der Waals surface area contributed by atoms with Crippen molar-refractivity contribution in [1.29, 1.82) is 5.26 Å². The van der Waals surface area contributed by atoms with E-state index in [-0.39, 0.29) is 18.7 Å². The van der Waals surface area contributed by atoms with Crippen LogP contribution in [0.3, 0.4) is 0 Å². The average Bonchev–Trinajstić information content (AvgIpc) is 3.07. The van der Waals surface area contributed by atoms with E-state index >= 15 is 0 Å². The molecule has 11 heteroatoms. The van der Waals surface area contributed by atoms with Crippen molar-refractivity contribution in [1.82, 2.24) is 14.6 Å². The van der Waals surface area contributed by atoms with E-state index in [1.54, 1.807) is 42.2 Å². The highest BCUT2D eigenvalue weighted by atomic mass is 35.5. The second kappa shape index (κ2) is 7.93. The number of alkyl halides is 3. The molecule has 2 aromatic heterocycles. The third-order valence-electron chi connectivity index (χ3n) is 5.03. The van der Waals surface area contributed by atoms with Crippen molar-refractivity contribution in [2.75, 3.05) is 18.0 Å². The Hall–Kier alpha value is -3.42. The lowest BCUT2D eigenvalue weighted by atomic mass is 10.0. The van der Waals surface area contributed by atoms with Gasteiger partial charge < -0.3 is 10.0 Å². The number of fused-ring (bicyclic) bond motifs is 1. The lowest BCUT2D eigenvalue weighted by Gasteiger charge is -2.38. The molecule has 0 bridgehead atoms. The molecule has 1 N–H and O–H groups in total. The van der Waals surface area contributed by atoms with Crippen LogP contribution in [0.15, 0.2) is 46.6 Å². The van der Waals surface area contributed by atoms with Crippen LogP contribution in [0.5, 0.6) is 0 Å². The minimum absolute atomic E-state index is 0.196. The Morgan fingerprint density at radius 2 is 2.09 bits per heavy atom. The smallest absolute Gasteiger partial charge is 0.389 e. The number of aryl methyl sites for hydroxylation is 1. The Balaban J connectivity index is 2.01. The molecule has 0 amide bonds.